The van der Waals surface area contributed by atoms with E-state index in [0.29, 0.717) is 18.1 Å². The second kappa shape index (κ2) is 6.27. The van der Waals surface area contributed by atoms with Crippen molar-refractivity contribution in [2.75, 3.05) is 18.0 Å². The van der Waals surface area contributed by atoms with E-state index >= 15 is 0 Å². The van der Waals surface area contributed by atoms with Gasteiger partial charge >= 0.3 is 0 Å². The average molecular weight is 319 g/mol. The number of carbonyl (C=O) groups excluding carboxylic acids is 1. The lowest BCUT2D eigenvalue weighted by atomic mass is 10.1. The van der Waals surface area contributed by atoms with Gasteiger partial charge in [0, 0.05) is 44.0 Å². The predicted molar refractivity (Wildman–Crippen MR) is 84.3 cm³/mol. The van der Waals surface area contributed by atoms with Crippen molar-refractivity contribution in [1.29, 1.82) is 0 Å². The Morgan fingerprint density at radius 1 is 1.45 bits per heavy atom. The van der Waals surface area contributed by atoms with E-state index in [4.69, 9.17) is 0 Å². The van der Waals surface area contributed by atoms with Crippen LogP contribution in [0.1, 0.15) is 23.3 Å². The second-order valence-electron chi connectivity index (χ2n) is 5.30. The molecule has 1 aliphatic rings. The Labute approximate surface area is 131 Å². The van der Waals surface area contributed by atoms with Crippen LogP contribution in [0.2, 0.25) is 0 Å². The molecule has 8 heteroatoms. The van der Waals surface area contributed by atoms with Crippen LogP contribution < -0.4 is 15.8 Å². The molecule has 1 amide bonds. The molecule has 1 saturated heterocycles. The number of carbonyl (C=O) groups is 1. The van der Waals surface area contributed by atoms with E-state index in [9.17, 15) is 9.59 Å². The molecule has 0 aliphatic carbocycles. The zero-order valence-corrected chi connectivity index (χ0v) is 13.0. The van der Waals surface area contributed by atoms with Crippen LogP contribution >= 0.6 is 11.3 Å². The SMILES string of the molecule is Cn1ccnc(N2CCC[C@H](NC(=O)c3cscn3)C2)c1=O. The van der Waals surface area contributed by atoms with Gasteiger partial charge in [-0.3, -0.25) is 9.59 Å². The zero-order valence-electron chi connectivity index (χ0n) is 12.2. The predicted octanol–water partition coefficient (Wildman–Crippen LogP) is 0.636. The van der Waals surface area contributed by atoms with Gasteiger partial charge in [-0.05, 0) is 12.8 Å². The van der Waals surface area contributed by atoms with Gasteiger partial charge < -0.3 is 14.8 Å². The van der Waals surface area contributed by atoms with E-state index in [1.807, 2.05) is 4.90 Å². The summed E-state index contributed by atoms with van der Waals surface area (Å²) in [5, 5.41) is 4.71. The number of hydrogen-bond acceptors (Lipinski definition) is 6. The number of nitrogens with one attached hydrogen (secondary N) is 1. The number of hydrogen-bond donors (Lipinski definition) is 1. The van der Waals surface area contributed by atoms with Crippen molar-refractivity contribution in [1.82, 2.24) is 19.9 Å². The molecule has 2 aromatic rings. The van der Waals surface area contributed by atoms with E-state index in [2.05, 4.69) is 15.3 Å². The Morgan fingerprint density at radius 2 is 2.32 bits per heavy atom. The molecule has 0 spiro atoms. The summed E-state index contributed by atoms with van der Waals surface area (Å²) >= 11 is 1.39. The van der Waals surface area contributed by atoms with Crippen molar-refractivity contribution in [2.45, 2.75) is 18.9 Å². The molecule has 0 unspecified atom stereocenters. The molecule has 3 heterocycles. The van der Waals surface area contributed by atoms with Gasteiger partial charge in [0.05, 0.1) is 5.51 Å². The fourth-order valence-electron chi connectivity index (χ4n) is 2.57. The standard InChI is InChI=1S/C14H17N5O2S/c1-18-6-4-15-12(14(18)21)19-5-2-3-10(7-19)17-13(20)11-8-22-9-16-11/h4,6,8-10H,2-3,5,7H2,1H3,(H,17,20)/t10-/m0/s1. The van der Waals surface area contributed by atoms with Gasteiger partial charge in [0.2, 0.25) is 0 Å². The molecule has 7 nitrogen and oxygen atoms in total. The molecule has 0 aromatic carbocycles. The number of piperidine rings is 1. The summed E-state index contributed by atoms with van der Waals surface area (Å²) < 4.78 is 1.51. The Balaban J connectivity index is 1.70. The van der Waals surface area contributed by atoms with Crippen LogP contribution in [0.25, 0.3) is 0 Å². The molecule has 0 saturated carbocycles. The van der Waals surface area contributed by atoms with Crippen molar-refractivity contribution >= 4 is 23.1 Å². The number of aryl methyl sites for hydroxylation is 1. The van der Waals surface area contributed by atoms with Gasteiger partial charge in [-0.2, -0.15) is 0 Å². The first-order chi connectivity index (χ1) is 10.6. The number of anilines is 1. The molecular formula is C14H17N5O2S. The van der Waals surface area contributed by atoms with Crippen LogP contribution in [-0.2, 0) is 7.05 Å². The van der Waals surface area contributed by atoms with E-state index in [1.54, 1.807) is 30.3 Å². The highest BCUT2D eigenvalue weighted by molar-refractivity contribution is 7.07. The molecule has 1 atom stereocenters. The molecule has 3 rings (SSSR count). The highest BCUT2D eigenvalue weighted by atomic mass is 32.1. The summed E-state index contributed by atoms with van der Waals surface area (Å²) in [4.78, 5) is 34.4. The summed E-state index contributed by atoms with van der Waals surface area (Å²) in [6.07, 6.45) is 5.05. The Bertz CT molecular complexity index is 712. The molecule has 1 aliphatic heterocycles. The maximum absolute atomic E-state index is 12.1. The van der Waals surface area contributed by atoms with E-state index in [-0.39, 0.29) is 17.5 Å². The lowest BCUT2D eigenvalue weighted by Crippen LogP contribution is -2.49. The Morgan fingerprint density at radius 3 is 3.09 bits per heavy atom. The third-order valence-corrected chi connectivity index (χ3v) is 4.31. The number of nitrogens with zero attached hydrogens (tertiary/aromatic N) is 4. The van der Waals surface area contributed by atoms with Crippen molar-refractivity contribution in [3.05, 3.63) is 39.3 Å². The number of amides is 1. The number of rotatable bonds is 3. The molecule has 116 valence electrons. The van der Waals surface area contributed by atoms with E-state index in [0.717, 1.165) is 19.4 Å². The van der Waals surface area contributed by atoms with Gasteiger partial charge in [0.1, 0.15) is 5.69 Å². The molecule has 1 N–H and O–H groups in total. The lowest BCUT2D eigenvalue weighted by molar-refractivity contribution is 0.0928. The first-order valence-electron chi connectivity index (χ1n) is 7.11. The van der Waals surface area contributed by atoms with Gasteiger partial charge in [-0.25, -0.2) is 9.97 Å². The Hall–Kier alpha value is -2.22. The van der Waals surface area contributed by atoms with Crippen molar-refractivity contribution < 1.29 is 4.79 Å². The topological polar surface area (TPSA) is 80.1 Å². The van der Waals surface area contributed by atoms with Gasteiger partial charge in [-0.15, -0.1) is 11.3 Å². The average Bonchev–Trinajstić information content (AvgIpc) is 3.05. The number of thiazole rings is 1. The third-order valence-electron chi connectivity index (χ3n) is 3.72. The largest absolute Gasteiger partial charge is 0.350 e. The highest BCUT2D eigenvalue weighted by Gasteiger charge is 2.24. The van der Waals surface area contributed by atoms with Gasteiger partial charge in [-0.1, -0.05) is 0 Å². The van der Waals surface area contributed by atoms with Crippen LogP contribution in [0.5, 0.6) is 0 Å². The first kappa shape index (κ1) is 14.7. The minimum atomic E-state index is -0.165. The molecule has 0 bridgehead atoms. The summed E-state index contributed by atoms with van der Waals surface area (Å²) in [7, 11) is 1.71. The van der Waals surface area contributed by atoms with E-state index in [1.165, 1.54) is 15.9 Å². The fourth-order valence-corrected chi connectivity index (χ4v) is 3.10. The van der Waals surface area contributed by atoms with Crippen molar-refractivity contribution in [2.24, 2.45) is 7.05 Å². The summed E-state index contributed by atoms with van der Waals surface area (Å²) in [5.74, 6) is 0.277. The van der Waals surface area contributed by atoms with E-state index < -0.39 is 0 Å². The minimum absolute atomic E-state index is 0.00494. The molecule has 1 fully saturated rings. The third kappa shape index (κ3) is 3.01. The second-order valence-corrected chi connectivity index (χ2v) is 6.02. The van der Waals surface area contributed by atoms with Gasteiger partial charge in [0.25, 0.3) is 11.5 Å². The maximum atomic E-state index is 12.1. The molecule has 22 heavy (non-hydrogen) atoms. The van der Waals surface area contributed by atoms with Crippen molar-refractivity contribution in [3.8, 4) is 0 Å². The quantitative estimate of drug-likeness (QED) is 0.898. The normalized spacial score (nSPS) is 18.2. The van der Waals surface area contributed by atoms with Crippen molar-refractivity contribution in [3.63, 3.8) is 0 Å². The minimum Gasteiger partial charge on any atom is -0.350 e. The monoisotopic (exact) mass is 319 g/mol. The maximum Gasteiger partial charge on any atom is 0.293 e. The molecule has 0 radical (unpaired) electrons. The first-order valence-corrected chi connectivity index (χ1v) is 8.05. The van der Waals surface area contributed by atoms with Crippen LogP contribution in [0.4, 0.5) is 5.82 Å². The summed E-state index contributed by atoms with van der Waals surface area (Å²) in [5.41, 5.74) is 1.96. The summed E-state index contributed by atoms with van der Waals surface area (Å²) in [6, 6.07) is -0.00494. The van der Waals surface area contributed by atoms with Crippen LogP contribution in [0, 0.1) is 0 Å². The Kier molecular flexibility index (Phi) is 4.19. The molecular weight excluding hydrogens is 302 g/mol. The zero-order chi connectivity index (χ0) is 15.5. The molecule has 2 aromatic heterocycles. The fraction of sp³-hybridized carbons (Fsp3) is 0.429. The highest BCUT2D eigenvalue weighted by Crippen LogP contribution is 2.15. The summed E-state index contributed by atoms with van der Waals surface area (Å²) in [6.45, 7) is 1.36. The smallest absolute Gasteiger partial charge is 0.293 e. The van der Waals surface area contributed by atoms with Gasteiger partial charge in [0.15, 0.2) is 5.82 Å². The van der Waals surface area contributed by atoms with Crippen LogP contribution in [0.15, 0.2) is 28.1 Å². The van der Waals surface area contributed by atoms with Crippen LogP contribution in [0.3, 0.4) is 0 Å². The lowest BCUT2D eigenvalue weighted by Gasteiger charge is -2.33. The van der Waals surface area contributed by atoms with Crippen LogP contribution in [-0.4, -0.2) is 39.6 Å². The number of aromatic nitrogens is 3.